The Labute approximate surface area is 125 Å². The van der Waals surface area contributed by atoms with E-state index in [0.717, 1.165) is 15.8 Å². The summed E-state index contributed by atoms with van der Waals surface area (Å²) in [5.74, 6) is 0.745. The zero-order chi connectivity index (χ0) is 14.5. The van der Waals surface area contributed by atoms with E-state index in [9.17, 15) is 10.1 Å². The quantitative estimate of drug-likeness (QED) is 0.605. The van der Waals surface area contributed by atoms with Crippen LogP contribution in [-0.2, 0) is 6.42 Å². The van der Waals surface area contributed by atoms with Crippen LogP contribution in [0.4, 0.5) is 5.69 Å². The van der Waals surface area contributed by atoms with E-state index in [1.807, 2.05) is 25.1 Å². The predicted octanol–water partition coefficient (Wildman–Crippen LogP) is 4.29. The summed E-state index contributed by atoms with van der Waals surface area (Å²) in [5, 5.41) is 10.9. The number of nitro benzene ring substituents is 1. The van der Waals surface area contributed by atoms with Crippen LogP contribution in [0.3, 0.4) is 0 Å². The average molecular weight is 336 g/mol. The number of ether oxygens (including phenoxy) is 1. The van der Waals surface area contributed by atoms with E-state index in [2.05, 4.69) is 15.9 Å². The van der Waals surface area contributed by atoms with Gasteiger partial charge < -0.3 is 4.74 Å². The number of para-hydroxylation sites is 1. The molecule has 0 radical (unpaired) electrons. The first-order valence-electron chi connectivity index (χ1n) is 6.19. The number of aryl methyl sites for hydroxylation is 1. The number of benzene rings is 2. The second-order valence-corrected chi connectivity index (χ2v) is 5.27. The smallest absolute Gasteiger partial charge is 0.272 e. The molecule has 0 N–H and O–H groups in total. The predicted molar refractivity (Wildman–Crippen MR) is 81.2 cm³/mol. The van der Waals surface area contributed by atoms with Gasteiger partial charge >= 0.3 is 0 Å². The number of rotatable bonds is 5. The van der Waals surface area contributed by atoms with Gasteiger partial charge in [-0.3, -0.25) is 10.1 Å². The second-order valence-electron chi connectivity index (χ2n) is 4.42. The molecule has 0 spiro atoms. The summed E-state index contributed by atoms with van der Waals surface area (Å²) in [4.78, 5) is 10.5. The number of hydrogen-bond donors (Lipinski definition) is 0. The summed E-state index contributed by atoms with van der Waals surface area (Å²) in [7, 11) is 0. The van der Waals surface area contributed by atoms with Gasteiger partial charge in [0, 0.05) is 18.1 Å². The van der Waals surface area contributed by atoms with Crippen LogP contribution in [0.1, 0.15) is 11.1 Å². The first-order chi connectivity index (χ1) is 9.58. The number of nitrogens with zero attached hydrogens (tertiary/aromatic N) is 1. The molecule has 5 heteroatoms. The Balaban J connectivity index is 2.01. The van der Waals surface area contributed by atoms with Gasteiger partial charge in [0.25, 0.3) is 5.69 Å². The normalized spacial score (nSPS) is 10.3. The topological polar surface area (TPSA) is 52.4 Å². The summed E-state index contributed by atoms with van der Waals surface area (Å²) in [6.07, 6.45) is 0.497. The molecular formula is C15H14BrNO3. The minimum Gasteiger partial charge on any atom is -0.492 e. The van der Waals surface area contributed by atoms with E-state index in [0.29, 0.717) is 18.6 Å². The fourth-order valence-electron chi connectivity index (χ4n) is 1.89. The van der Waals surface area contributed by atoms with E-state index in [1.165, 1.54) is 6.07 Å². The lowest BCUT2D eigenvalue weighted by atomic mass is 10.1. The molecule has 4 nitrogen and oxygen atoms in total. The van der Waals surface area contributed by atoms with Crippen LogP contribution in [-0.4, -0.2) is 11.5 Å². The Kier molecular flexibility index (Phi) is 4.74. The van der Waals surface area contributed by atoms with Gasteiger partial charge in [-0.1, -0.05) is 24.3 Å². The molecule has 0 heterocycles. The molecule has 104 valence electrons. The maximum absolute atomic E-state index is 10.9. The van der Waals surface area contributed by atoms with Crippen LogP contribution in [0, 0.1) is 17.0 Å². The highest BCUT2D eigenvalue weighted by atomic mass is 79.9. The highest BCUT2D eigenvalue weighted by molar-refractivity contribution is 9.10. The zero-order valence-corrected chi connectivity index (χ0v) is 12.6. The Bertz CT molecular complexity index is 628. The second kappa shape index (κ2) is 6.52. The molecule has 0 aromatic heterocycles. The van der Waals surface area contributed by atoms with Gasteiger partial charge in [0.05, 0.1) is 16.0 Å². The molecule has 0 bridgehead atoms. The molecule has 0 saturated heterocycles. The number of nitro groups is 1. The van der Waals surface area contributed by atoms with Crippen molar-refractivity contribution >= 4 is 21.6 Å². The van der Waals surface area contributed by atoms with E-state index in [4.69, 9.17) is 4.74 Å². The van der Waals surface area contributed by atoms with E-state index < -0.39 is 0 Å². The summed E-state index contributed by atoms with van der Waals surface area (Å²) < 4.78 is 6.55. The van der Waals surface area contributed by atoms with Gasteiger partial charge in [0.15, 0.2) is 0 Å². The molecule has 0 unspecified atom stereocenters. The lowest BCUT2D eigenvalue weighted by Crippen LogP contribution is -2.04. The molecule has 0 atom stereocenters. The van der Waals surface area contributed by atoms with Crippen molar-refractivity contribution in [2.45, 2.75) is 13.3 Å². The molecule has 20 heavy (non-hydrogen) atoms. The fraction of sp³-hybridized carbons (Fsp3) is 0.200. The molecule has 2 rings (SSSR count). The first-order valence-corrected chi connectivity index (χ1v) is 6.98. The first kappa shape index (κ1) is 14.5. The van der Waals surface area contributed by atoms with Crippen molar-refractivity contribution in [3.8, 4) is 5.75 Å². The maximum Gasteiger partial charge on any atom is 0.272 e. The van der Waals surface area contributed by atoms with Gasteiger partial charge in [0.2, 0.25) is 0 Å². The fourth-order valence-corrected chi connectivity index (χ4v) is 2.50. The third-order valence-electron chi connectivity index (χ3n) is 2.90. The minimum absolute atomic E-state index is 0.138. The molecule has 0 fully saturated rings. The van der Waals surface area contributed by atoms with Crippen LogP contribution < -0.4 is 4.74 Å². The summed E-state index contributed by atoms with van der Waals surface area (Å²) in [5.41, 5.74) is 1.96. The van der Waals surface area contributed by atoms with Crippen LogP contribution in [0.25, 0.3) is 0 Å². The van der Waals surface area contributed by atoms with Crippen molar-refractivity contribution in [2.24, 2.45) is 0 Å². The van der Waals surface area contributed by atoms with Gasteiger partial charge in [-0.15, -0.1) is 0 Å². The van der Waals surface area contributed by atoms with Crippen LogP contribution in [0.5, 0.6) is 5.75 Å². The Morgan fingerprint density at radius 1 is 1.25 bits per heavy atom. The summed E-state index contributed by atoms with van der Waals surface area (Å²) in [6, 6.07) is 12.6. The van der Waals surface area contributed by atoms with Crippen molar-refractivity contribution in [3.05, 3.63) is 68.2 Å². The lowest BCUT2D eigenvalue weighted by Gasteiger charge is -2.09. The van der Waals surface area contributed by atoms with Crippen molar-refractivity contribution in [1.82, 2.24) is 0 Å². The minimum atomic E-state index is -0.364. The third kappa shape index (κ3) is 3.57. The molecule has 2 aromatic carbocycles. The average Bonchev–Trinajstić information content (AvgIpc) is 2.41. The molecule has 0 saturated carbocycles. The molecule has 0 aliphatic heterocycles. The highest BCUT2D eigenvalue weighted by Gasteiger charge is 2.12. The van der Waals surface area contributed by atoms with Gasteiger partial charge in [-0.05, 0) is 40.5 Å². The standard InChI is InChI=1S/C15H14BrNO3/c1-11-6-7-15(13(16)10-11)20-9-8-12-4-2-3-5-14(12)17(18)19/h2-7,10H,8-9H2,1H3. The van der Waals surface area contributed by atoms with Gasteiger partial charge in [-0.2, -0.15) is 0 Å². The van der Waals surface area contributed by atoms with Crippen molar-refractivity contribution in [1.29, 1.82) is 0 Å². The molecule has 0 aliphatic carbocycles. The van der Waals surface area contributed by atoms with Crippen molar-refractivity contribution in [2.75, 3.05) is 6.61 Å². The van der Waals surface area contributed by atoms with Gasteiger partial charge in [-0.25, -0.2) is 0 Å². The van der Waals surface area contributed by atoms with E-state index in [1.54, 1.807) is 18.2 Å². The zero-order valence-electron chi connectivity index (χ0n) is 11.0. The maximum atomic E-state index is 10.9. The Hall–Kier alpha value is -1.88. The van der Waals surface area contributed by atoms with E-state index in [-0.39, 0.29) is 10.6 Å². The lowest BCUT2D eigenvalue weighted by molar-refractivity contribution is -0.385. The summed E-state index contributed by atoms with van der Waals surface area (Å²) in [6.45, 7) is 2.40. The monoisotopic (exact) mass is 335 g/mol. The number of hydrogen-bond acceptors (Lipinski definition) is 3. The van der Waals surface area contributed by atoms with Crippen LogP contribution >= 0.6 is 15.9 Å². The van der Waals surface area contributed by atoms with E-state index >= 15 is 0 Å². The summed E-state index contributed by atoms with van der Waals surface area (Å²) >= 11 is 3.44. The molecule has 0 aliphatic rings. The van der Waals surface area contributed by atoms with Gasteiger partial charge in [0.1, 0.15) is 5.75 Å². The molecular weight excluding hydrogens is 322 g/mol. The van der Waals surface area contributed by atoms with Crippen LogP contribution in [0.2, 0.25) is 0 Å². The molecule has 2 aromatic rings. The highest BCUT2D eigenvalue weighted by Crippen LogP contribution is 2.26. The SMILES string of the molecule is Cc1ccc(OCCc2ccccc2[N+](=O)[O-])c(Br)c1. The largest absolute Gasteiger partial charge is 0.492 e. The molecule has 0 amide bonds. The number of halogens is 1. The Morgan fingerprint density at radius 2 is 2.00 bits per heavy atom. The third-order valence-corrected chi connectivity index (χ3v) is 3.52. The van der Waals surface area contributed by atoms with Crippen molar-refractivity contribution < 1.29 is 9.66 Å². The van der Waals surface area contributed by atoms with Crippen LogP contribution in [0.15, 0.2) is 46.9 Å². The Morgan fingerprint density at radius 3 is 2.70 bits per heavy atom. The van der Waals surface area contributed by atoms with Crippen molar-refractivity contribution in [3.63, 3.8) is 0 Å².